The van der Waals surface area contributed by atoms with Crippen LogP contribution in [0.3, 0.4) is 0 Å². The Kier molecular flexibility index (Phi) is 5.18. The van der Waals surface area contributed by atoms with E-state index in [4.69, 9.17) is 11.6 Å². The monoisotopic (exact) mass is 400 g/mol. The third-order valence-electron chi connectivity index (χ3n) is 4.93. The molecule has 3 aromatic rings. The van der Waals surface area contributed by atoms with Crippen LogP contribution in [0.2, 0.25) is 5.15 Å². The van der Waals surface area contributed by atoms with Crippen molar-refractivity contribution in [1.29, 1.82) is 0 Å². The Morgan fingerprint density at radius 1 is 1.30 bits per heavy atom. The maximum absolute atomic E-state index is 12.2. The Morgan fingerprint density at radius 3 is 2.78 bits per heavy atom. The van der Waals surface area contributed by atoms with Gasteiger partial charge in [0.25, 0.3) is 0 Å². The summed E-state index contributed by atoms with van der Waals surface area (Å²) < 4.78 is 1.87. The number of fused-ring (bicyclic) bond motifs is 1. The third kappa shape index (κ3) is 4.01. The fourth-order valence-corrected chi connectivity index (χ4v) is 4.29. The van der Waals surface area contributed by atoms with Gasteiger partial charge >= 0.3 is 0 Å². The van der Waals surface area contributed by atoms with E-state index in [1.807, 2.05) is 28.1 Å². The normalized spacial score (nSPS) is 15.7. The molecule has 0 aliphatic carbocycles. The van der Waals surface area contributed by atoms with Crippen molar-refractivity contribution < 1.29 is 4.79 Å². The number of piperidine rings is 1. The van der Waals surface area contributed by atoms with Crippen molar-refractivity contribution in [3.63, 3.8) is 0 Å². The van der Waals surface area contributed by atoms with Crippen LogP contribution >= 0.6 is 22.9 Å². The highest BCUT2D eigenvalue weighted by Gasteiger charge is 2.16. The number of thiazole rings is 1. The van der Waals surface area contributed by atoms with E-state index >= 15 is 0 Å². The van der Waals surface area contributed by atoms with Gasteiger partial charge in [0.15, 0.2) is 10.1 Å². The molecule has 1 N–H and O–H groups in total. The second-order valence-electron chi connectivity index (χ2n) is 6.88. The van der Waals surface area contributed by atoms with E-state index < -0.39 is 0 Å². The van der Waals surface area contributed by atoms with Gasteiger partial charge in [-0.1, -0.05) is 18.5 Å². The fraction of sp³-hybridized carbons (Fsp3) is 0.300. The number of carbonyl (C=O) groups is 1. The molecule has 1 saturated heterocycles. The summed E-state index contributed by atoms with van der Waals surface area (Å²) >= 11 is 7.64. The van der Waals surface area contributed by atoms with Gasteiger partial charge in [0.05, 0.1) is 5.69 Å². The zero-order valence-corrected chi connectivity index (χ0v) is 16.6. The van der Waals surface area contributed by atoms with Gasteiger partial charge in [-0.15, -0.1) is 11.3 Å². The van der Waals surface area contributed by atoms with E-state index in [0.29, 0.717) is 10.8 Å². The smallest absolute Gasteiger partial charge is 0.248 e. The number of anilines is 2. The molecule has 3 heterocycles. The molecule has 0 spiro atoms. The molecule has 0 radical (unpaired) electrons. The van der Waals surface area contributed by atoms with Crippen LogP contribution in [-0.4, -0.2) is 28.4 Å². The maximum Gasteiger partial charge on any atom is 0.248 e. The fourth-order valence-electron chi connectivity index (χ4n) is 3.29. The summed E-state index contributed by atoms with van der Waals surface area (Å²) in [5.41, 5.74) is 2.69. The summed E-state index contributed by atoms with van der Waals surface area (Å²) in [7, 11) is 0. The second-order valence-corrected chi connectivity index (χ2v) is 8.11. The molecule has 7 heteroatoms. The molecule has 0 saturated carbocycles. The van der Waals surface area contributed by atoms with Gasteiger partial charge < -0.3 is 10.2 Å². The van der Waals surface area contributed by atoms with Crippen molar-refractivity contribution in [1.82, 2.24) is 9.38 Å². The predicted molar refractivity (Wildman–Crippen MR) is 113 cm³/mol. The lowest BCUT2D eigenvalue weighted by molar-refractivity contribution is -0.111. The molecule has 1 aromatic carbocycles. The van der Waals surface area contributed by atoms with Crippen LogP contribution in [0, 0.1) is 5.92 Å². The van der Waals surface area contributed by atoms with Gasteiger partial charge in [0.2, 0.25) is 5.91 Å². The molecule has 4 rings (SSSR count). The van der Waals surface area contributed by atoms with Crippen molar-refractivity contribution in [3.8, 4) is 0 Å². The Morgan fingerprint density at radius 2 is 2.04 bits per heavy atom. The molecule has 0 bridgehead atoms. The van der Waals surface area contributed by atoms with Crippen molar-refractivity contribution >= 4 is 51.3 Å². The highest BCUT2D eigenvalue weighted by Crippen LogP contribution is 2.25. The van der Waals surface area contributed by atoms with Gasteiger partial charge in [-0.05, 0) is 49.1 Å². The number of nitrogens with zero attached hydrogens (tertiary/aromatic N) is 3. The minimum absolute atomic E-state index is 0.198. The average Bonchev–Trinajstić information content (AvgIpc) is 3.22. The van der Waals surface area contributed by atoms with Crippen LogP contribution < -0.4 is 10.2 Å². The minimum Gasteiger partial charge on any atom is -0.372 e. The first kappa shape index (κ1) is 18.1. The Labute approximate surface area is 167 Å². The van der Waals surface area contributed by atoms with Crippen molar-refractivity contribution in [3.05, 3.63) is 52.8 Å². The van der Waals surface area contributed by atoms with Crippen molar-refractivity contribution in [2.45, 2.75) is 19.8 Å². The zero-order chi connectivity index (χ0) is 18.8. The molecule has 2 aromatic heterocycles. The van der Waals surface area contributed by atoms with E-state index in [1.54, 1.807) is 6.08 Å². The number of rotatable bonds is 4. The van der Waals surface area contributed by atoms with Gasteiger partial charge in [0.1, 0.15) is 0 Å². The number of benzene rings is 1. The summed E-state index contributed by atoms with van der Waals surface area (Å²) in [5.74, 6) is 0.613. The molecule has 0 atom stereocenters. The lowest BCUT2D eigenvalue weighted by Gasteiger charge is -2.32. The molecule has 1 amide bonds. The molecular formula is C20H21ClN4OS. The Balaban J connectivity index is 1.39. The SMILES string of the molecule is CC1CCN(c2ccc(NC(=O)/C=C/c3c(Cl)nc4sccn34)cc2)CC1. The maximum atomic E-state index is 12.2. The van der Waals surface area contributed by atoms with E-state index in [-0.39, 0.29) is 5.91 Å². The predicted octanol–water partition coefficient (Wildman–Crippen LogP) is 4.94. The van der Waals surface area contributed by atoms with Crippen LogP contribution in [0.5, 0.6) is 0 Å². The summed E-state index contributed by atoms with van der Waals surface area (Å²) in [4.78, 5) is 19.7. The van der Waals surface area contributed by atoms with Crippen LogP contribution in [0.1, 0.15) is 25.5 Å². The summed E-state index contributed by atoms with van der Waals surface area (Å²) in [5, 5.41) is 5.21. The number of halogens is 1. The molecular weight excluding hydrogens is 380 g/mol. The van der Waals surface area contributed by atoms with Crippen molar-refractivity contribution in [2.24, 2.45) is 5.92 Å². The Bertz CT molecular complexity index is 968. The number of carbonyl (C=O) groups excluding carboxylic acids is 1. The van der Waals surface area contributed by atoms with E-state index in [2.05, 4.69) is 34.3 Å². The van der Waals surface area contributed by atoms with Gasteiger partial charge in [-0.25, -0.2) is 4.98 Å². The molecule has 140 valence electrons. The highest BCUT2D eigenvalue weighted by molar-refractivity contribution is 7.15. The zero-order valence-electron chi connectivity index (χ0n) is 15.1. The van der Waals surface area contributed by atoms with E-state index in [1.165, 1.54) is 35.9 Å². The Hall–Kier alpha value is -2.31. The van der Waals surface area contributed by atoms with Gasteiger partial charge in [-0.3, -0.25) is 9.20 Å². The third-order valence-corrected chi connectivity index (χ3v) is 5.97. The van der Waals surface area contributed by atoms with Crippen LogP contribution in [0.4, 0.5) is 11.4 Å². The summed E-state index contributed by atoms with van der Waals surface area (Å²) in [6.07, 6.45) is 7.52. The number of nitrogens with one attached hydrogen (secondary N) is 1. The highest BCUT2D eigenvalue weighted by atomic mass is 35.5. The van der Waals surface area contributed by atoms with Gasteiger partial charge in [0, 0.05) is 42.1 Å². The van der Waals surface area contributed by atoms with Gasteiger partial charge in [-0.2, -0.15) is 0 Å². The van der Waals surface area contributed by atoms with E-state index in [9.17, 15) is 4.79 Å². The first-order chi connectivity index (χ1) is 13.1. The number of hydrogen-bond donors (Lipinski definition) is 1. The van der Waals surface area contributed by atoms with Crippen LogP contribution in [-0.2, 0) is 4.79 Å². The summed E-state index contributed by atoms with van der Waals surface area (Å²) in [6, 6.07) is 8.03. The lowest BCUT2D eigenvalue weighted by Crippen LogP contribution is -2.32. The van der Waals surface area contributed by atoms with Crippen LogP contribution in [0.25, 0.3) is 11.0 Å². The lowest BCUT2D eigenvalue weighted by atomic mass is 9.99. The van der Waals surface area contributed by atoms with Crippen LogP contribution in [0.15, 0.2) is 41.9 Å². The standard InChI is InChI=1S/C20H21ClN4OS/c1-14-8-10-24(11-9-14)16-4-2-15(3-5-16)22-18(26)7-6-17-19(21)23-20-25(17)12-13-27-20/h2-7,12-14H,8-11H2,1H3,(H,22,26)/b7-6+. The topological polar surface area (TPSA) is 49.6 Å². The molecule has 1 aliphatic rings. The largest absolute Gasteiger partial charge is 0.372 e. The molecule has 1 aliphatic heterocycles. The first-order valence-corrected chi connectivity index (χ1v) is 10.3. The van der Waals surface area contributed by atoms with E-state index in [0.717, 1.165) is 29.7 Å². The second kappa shape index (κ2) is 7.74. The number of hydrogen-bond acceptors (Lipinski definition) is 4. The molecule has 1 fully saturated rings. The first-order valence-electron chi connectivity index (χ1n) is 9.05. The molecule has 0 unspecified atom stereocenters. The number of amides is 1. The minimum atomic E-state index is -0.198. The number of imidazole rings is 1. The number of aromatic nitrogens is 2. The quantitative estimate of drug-likeness (QED) is 0.631. The average molecular weight is 401 g/mol. The molecule has 27 heavy (non-hydrogen) atoms. The molecule has 5 nitrogen and oxygen atoms in total. The summed E-state index contributed by atoms with van der Waals surface area (Å²) in [6.45, 7) is 4.50. The van der Waals surface area contributed by atoms with Crippen molar-refractivity contribution in [2.75, 3.05) is 23.3 Å².